The molecule has 0 unspecified atom stereocenters. The molecule has 0 amide bonds. The minimum atomic E-state index is -4.39. The lowest BCUT2D eigenvalue weighted by atomic mass is 9.91. The van der Waals surface area contributed by atoms with Crippen LogP contribution in [0.2, 0.25) is 0 Å². The highest BCUT2D eigenvalue weighted by atomic mass is 19.4. The summed E-state index contributed by atoms with van der Waals surface area (Å²) in [7, 11) is 0. The molecule has 1 atom stereocenters. The second kappa shape index (κ2) is 4.29. The van der Waals surface area contributed by atoms with Crippen molar-refractivity contribution in [2.75, 3.05) is 0 Å². The minimum Gasteiger partial charge on any atom is -0.385 e. The van der Waals surface area contributed by atoms with Crippen molar-refractivity contribution in [2.24, 2.45) is 0 Å². The molecule has 0 bridgehead atoms. The lowest BCUT2D eigenvalue weighted by Gasteiger charge is -2.23. The first-order valence-corrected chi connectivity index (χ1v) is 4.78. The van der Waals surface area contributed by atoms with E-state index in [1.165, 1.54) is 25.1 Å². The molecule has 0 spiro atoms. The van der Waals surface area contributed by atoms with Gasteiger partial charge in [0.2, 0.25) is 0 Å². The van der Waals surface area contributed by atoms with Crippen LogP contribution in [0.5, 0.6) is 0 Å². The maximum Gasteiger partial charge on any atom is 0.416 e. The van der Waals surface area contributed by atoms with E-state index in [1.807, 2.05) is 0 Å². The molecular weight excluding hydrogens is 217 g/mol. The molecule has 1 rings (SSSR count). The van der Waals surface area contributed by atoms with Gasteiger partial charge in [0.15, 0.2) is 0 Å². The summed E-state index contributed by atoms with van der Waals surface area (Å²) in [6, 6.07) is 4.70. The van der Waals surface area contributed by atoms with Gasteiger partial charge in [-0.25, -0.2) is 0 Å². The molecule has 0 aliphatic heterocycles. The summed E-state index contributed by atoms with van der Waals surface area (Å²) in [5.74, 6) is 0. The lowest BCUT2D eigenvalue weighted by molar-refractivity contribution is -0.137. The van der Waals surface area contributed by atoms with Crippen molar-refractivity contribution < 1.29 is 18.3 Å². The van der Waals surface area contributed by atoms with Crippen LogP contribution in [0, 0.1) is 0 Å². The van der Waals surface area contributed by atoms with Crippen molar-refractivity contribution in [3.63, 3.8) is 0 Å². The van der Waals surface area contributed by atoms with Crippen molar-refractivity contribution in [1.82, 2.24) is 0 Å². The number of benzene rings is 1. The van der Waals surface area contributed by atoms with E-state index in [0.717, 1.165) is 12.1 Å². The van der Waals surface area contributed by atoms with Gasteiger partial charge in [-0.15, -0.1) is 6.58 Å². The van der Waals surface area contributed by atoms with Crippen LogP contribution in [-0.2, 0) is 11.8 Å². The van der Waals surface area contributed by atoms with Crippen molar-refractivity contribution in [3.8, 4) is 0 Å². The SMILES string of the molecule is C=CC[C@](C)(O)c1cccc(C(F)(F)F)c1. The third-order valence-corrected chi connectivity index (χ3v) is 2.35. The summed E-state index contributed by atoms with van der Waals surface area (Å²) in [5.41, 5.74) is -1.83. The fourth-order valence-corrected chi connectivity index (χ4v) is 1.43. The van der Waals surface area contributed by atoms with Gasteiger partial charge in [0.25, 0.3) is 0 Å². The fraction of sp³-hybridized carbons (Fsp3) is 0.333. The largest absolute Gasteiger partial charge is 0.416 e. The van der Waals surface area contributed by atoms with E-state index < -0.39 is 17.3 Å². The van der Waals surface area contributed by atoms with Gasteiger partial charge in [0, 0.05) is 0 Å². The van der Waals surface area contributed by atoms with Crippen molar-refractivity contribution in [2.45, 2.75) is 25.1 Å². The van der Waals surface area contributed by atoms with Gasteiger partial charge in [-0.3, -0.25) is 0 Å². The second-order valence-corrected chi connectivity index (χ2v) is 3.85. The van der Waals surface area contributed by atoms with Crippen LogP contribution < -0.4 is 0 Å². The highest BCUT2D eigenvalue weighted by Crippen LogP contribution is 2.33. The molecule has 0 saturated heterocycles. The molecule has 0 radical (unpaired) electrons. The highest BCUT2D eigenvalue weighted by Gasteiger charge is 2.32. The van der Waals surface area contributed by atoms with Gasteiger partial charge in [-0.05, 0) is 31.0 Å². The van der Waals surface area contributed by atoms with Crippen LogP contribution in [0.4, 0.5) is 13.2 Å². The van der Waals surface area contributed by atoms with E-state index in [1.54, 1.807) is 0 Å². The Morgan fingerprint density at radius 1 is 1.31 bits per heavy atom. The minimum absolute atomic E-state index is 0.203. The third-order valence-electron chi connectivity index (χ3n) is 2.35. The number of halogens is 3. The summed E-state index contributed by atoms with van der Waals surface area (Å²) in [6.45, 7) is 4.92. The molecule has 0 aromatic heterocycles. The van der Waals surface area contributed by atoms with E-state index in [2.05, 4.69) is 6.58 Å². The lowest BCUT2D eigenvalue weighted by Crippen LogP contribution is -2.20. The zero-order chi connectivity index (χ0) is 12.4. The zero-order valence-corrected chi connectivity index (χ0v) is 8.88. The monoisotopic (exact) mass is 230 g/mol. The maximum absolute atomic E-state index is 12.4. The Labute approximate surface area is 92.2 Å². The van der Waals surface area contributed by atoms with Gasteiger partial charge in [0.1, 0.15) is 0 Å². The predicted octanol–water partition coefficient (Wildman–Crippen LogP) is 3.49. The van der Waals surface area contributed by atoms with Gasteiger partial charge in [0.05, 0.1) is 11.2 Å². The van der Waals surface area contributed by atoms with Crippen LogP contribution in [0.25, 0.3) is 0 Å². The summed E-state index contributed by atoms with van der Waals surface area (Å²) in [6.07, 6.45) is -2.71. The van der Waals surface area contributed by atoms with Gasteiger partial charge >= 0.3 is 6.18 Å². The Morgan fingerprint density at radius 3 is 2.38 bits per heavy atom. The molecule has 0 saturated carbocycles. The third kappa shape index (κ3) is 2.85. The quantitative estimate of drug-likeness (QED) is 0.788. The topological polar surface area (TPSA) is 20.2 Å². The van der Waals surface area contributed by atoms with Crippen LogP contribution >= 0.6 is 0 Å². The Morgan fingerprint density at radius 2 is 1.88 bits per heavy atom. The summed E-state index contributed by atoms with van der Waals surface area (Å²) < 4.78 is 37.3. The Balaban J connectivity index is 3.12. The summed E-state index contributed by atoms with van der Waals surface area (Å²) >= 11 is 0. The predicted molar refractivity (Wildman–Crippen MR) is 55.8 cm³/mol. The molecule has 0 aliphatic rings. The average molecular weight is 230 g/mol. The smallest absolute Gasteiger partial charge is 0.385 e. The van der Waals surface area contributed by atoms with Crippen LogP contribution in [0.15, 0.2) is 36.9 Å². The van der Waals surface area contributed by atoms with Crippen molar-refractivity contribution in [1.29, 1.82) is 0 Å². The Kier molecular flexibility index (Phi) is 3.43. The van der Waals surface area contributed by atoms with Crippen LogP contribution in [-0.4, -0.2) is 5.11 Å². The van der Waals surface area contributed by atoms with Crippen molar-refractivity contribution >= 4 is 0 Å². The molecule has 88 valence electrons. The molecule has 16 heavy (non-hydrogen) atoms. The van der Waals surface area contributed by atoms with Crippen molar-refractivity contribution in [3.05, 3.63) is 48.0 Å². The first-order chi connectivity index (χ1) is 7.27. The molecule has 0 heterocycles. The number of hydrogen-bond donors (Lipinski definition) is 1. The second-order valence-electron chi connectivity index (χ2n) is 3.85. The molecule has 0 fully saturated rings. The zero-order valence-electron chi connectivity index (χ0n) is 8.88. The molecule has 1 N–H and O–H groups in total. The van der Waals surface area contributed by atoms with Crippen LogP contribution in [0.3, 0.4) is 0 Å². The molecule has 4 heteroatoms. The number of hydrogen-bond acceptors (Lipinski definition) is 1. The number of alkyl halides is 3. The van der Waals surface area contributed by atoms with Gasteiger partial charge < -0.3 is 5.11 Å². The van der Waals surface area contributed by atoms with E-state index in [9.17, 15) is 18.3 Å². The molecule has 1 aromatic carbocycles. The van der Waals surface area contributed by atoms with E-state index >= 15 is 0 Å². The number of rotatable bonds is 3. The van der Waals surface area contributed by atoms with E-state index in [0.29, 0.717) is 0 Å². The highest BCUT2D eigenvalue weighted by molar-refractivity contribution is 5.29. The van der Waals surface area contributed by atoms with Gasteiger partial charge in [-0.1, -0.05) is 18.2 Å². The Hall–Kier alpha value is -1.29. The molecule has 0 aliphatic carbocycles. The van der Waals surface area contributed by atoms with Gasteiger partial charge in [-0.2, -0.15) is 13.2 Å². The summed E-state index contributed by atoms with van der Waals surface area (Å²) in [4.78, 5) is 0. The van der Waals surface area contributed by atoms with E-state index in [-0.39, 0.29) is 12.0 Å². The molecular formula is C12H13F3O. The van der Waals surface area contributed by atoms with E-state index in [4.69, 9.17) is 0 Å². The number of aliphatic hydroxyl groups is 1. The van der Waals surface area contributed by atoms with Crippen LogP contribution in [0.1, 0.15) is 24.5 Å². The fourth-order valence-electron chi connectivity index (χ4n) is 1.43. The normalized spacial score (nSPS) is 15.6. The average Bonchev–Trinajstić information content (AvgIpc) is 2.16. The maximum atomic E-state index is 12.4. The first-order valence-electron chi connectivity index (χ1n) is 4.78. The Bertz CT molecular complexity index is 380. The molecule has 1 aromatic rings. The first kappa shape index (κ1) is 12.8. The summed E-state index contributed by atoms with van der Waals surface area (Å²) in [5, 5.41) is 9.94. The molecule has 1 nitrogen and oxygen atoms in total. The standard InChI is InChI=1S/C12H13F3O/c1-3-7-11(2,16)9-5-4-6-10(8-9)12(13,14)15/h3-6,8,16H,1,7H2,2H3/t11-/m0/s1.